The molecule has 1 N–H and O–H groups in total. The van der Waals surface area contributed by atoms with E-state index in [9.17, 15) is 4.79 Å². The standard InChI is InChI=1S/C17H15Cl2NO3/c1-22-9-6-13-17(14(7-9)23-2)10(8-15(21)20-13)16-11(18)4-3-5-12(16)19/h3-7,10H,8H2,1-2H3,(H,20,21)/t10-/m1/s1. The zero-order chi connectivity index (χ0) is 16.6. The molecule has 0 saturated heterocycles. The Morgan fingerprint density at radius 3 is 2.39 bits per heavy atom. The SMILES string of the molecule is COc1cc2c(c(OC)c1)[C@@H](c1c(Cl)cccc1Cl)CC(=O)N2. The first-order valence-corrected chi connectivity index (χ1v) is 7.80. The van der Waals surface area contributed by atoms with Crippen LogP contribution in [0.5, 0.6) is 11.5 Å². The van der Waals surface area contributed by atoms with Gasteiger partial charge in [0.05, 0.1) is 19.9 Å². The smallest absolute Gasteiger partial charge is 0.225 e. The van der Waals surface area contributed by atoms with Crippen molar-refractivity contribution in [2.45, 2.75) is 12.3 Å². The summed E-state index contributed by atoms with van der Waals surface area (Å²) < 4.78 is 10.8. The number of amides is 1. The molecular formula is C17H15Cl2NO3. The van der Waals surface area contributed by atoms with Crippen LogP contribution in [0.25, 0.3) is 0 Å². The summed E-state index contributed by atoms with van der Waals surface area (Å²) in [6.07, 6.45) is 0.249. The van der Waals surface area contributed by atoms with E-state index in [-0.39, 0.29) is 18.2 Å². The summed E-state index contributed by atoms with van der Waals surface area (Å²) in [5.41, 5.74) is 2.23. The molecule has 0 fully saturated rings. The molecule has 3 rings (SSSR count). The van der Waals surface area contributed by atoms with Crippen LogP contribution in [0.2, 0.25) is 10.0 Å². The fraction of sp³-hybridized carbons (Fsp3) is 0.235. The molecule has 0 radical (unpaired) electrons. The van der Waals surface area contributed by atoms with Gasteiger partial charge >= 0.3 is 0 Å². The fourth-order valence-electron chi connectivity index (χ4n) is 2.93. The highest BCUT2D eigenvalue weighted by molar-refractivity contribution is 6.36. The zero-order valence-corrected chi connectivity index (χ0v) is 14.2. The number of rotatable bonds is 3. The molecule has 1 aliphatic rings. The predicted molar refractivity (Wildman–Crippen MR) is 91.1 cm³/mol. The Kier molecular flexibility index (Phi) is 4.37. The van der Waals surface area contributed by atoms with Crippen molar-refractivity contribution in [3.63, 3.8) is 0 Å². The van der Waals surface area contributed by atoms with Gasteiger partial charge in [-0.15, -0.1) is 0 Å². The molecule has 2 aromatic carbocycles. The summed E-state index contributed by atoms with van der Waals surface area (Å²) >= 11 is 12.7. The number of hydrogen-bond acceptors (Lipinski definition) is 3. The third kappa shape index (κ3) is 2.84. The monoisotopic (exact) mass is 351 g/mol. The van der Waals surface area contributed by atoms with Gasteiger partial charge in [-0.05, 0) is 17.7 Å². The minimum Gasteiger partial charge on any atom is -0.497 e. The lowest BCUT2D eigenvalue weighted by Crippen LogP contribution is -2.24. The van der Waals surface area contributed by atoms with E-state index in [2.05, 4.69) is 5.32 Å². The van der Waals surface area contributed by atoms with Crippen molar-refractivity contribution >= 4 is 34.8 Å². The fourth-order valence-corrected chi connectivity index (χ4v) is 3.59. The number of carbonyl (C=O) groups is 1. The molecule has 23 heavy (non-hydrogen) atoms. The zero-order valence-electron chi connectivity index (χ0n) is 12.7. The Morgan fingerprint density at radius 2 is 1.78 bits per heavy atom. The first-order chi connectivity index (χ1) is 11.0. The number of fused-ring (bicyclic) bond motifs is 1. The second-order valence-electron chi connectivity index (χ2n) is 5.23. The Labute approximate surface area is 144 Å². The molecular weight excluding hydrogens is 337 g/mol. The Hall–Kier alpha value is -1.91. The van der Waals surface area contributed by atoms with Crippen molar-refractivity contribution < 1.29 is 14.3 Å². The van der Waals surface area contributed by atoms with Gasteiger partial charge < -0.3 is 14.8 Å². The van der Waals surface area contributed by atoms with Crippen LogP contribution in [0.4, 0.5) is 5.69 Å². The molecule has 0 bridgehead atoms. The van der Waals surface area contributed by atoms with Gasteiger partial charge in [0.15, 0.2) is 0 Å². The lowest BCUT2D eigenvalue weighted by atomic mass is 9.84. The minimum atomic E-state index is -0.277. The maximum Gasteiger partial charge on any atom is 0.225 e. The average Bonchev–Trinajstić information content (AvgIpc) is 2.53. The van der Waals surface area contributed by atoms with Crippen LogP contribution in [0.1, 0.15) is 23.5 Å². The number of methoxy groups -OCH3 is 2. The van der Waals surface area contributed by atoms with Crippen molar-refractivity contribution in [1.82, 2.24) is 0 Å². The van der Waals surface area contributed by atoms with E-state index in [1.165, 1.54) is 0 Å². The predicted octanol–water partition coefficient (Wildman–Crippen LogP) is 4.48. The van der Waals surface area contributed by atoms with Gasteiger partial charge in [0.2, 0.25) is 5.91 Å². The van der Waals surface area contributed by atoms with Crippen LogP contribution in [0, 0.1) is 0 Å². The molecule has 0 aliphatic carbocycles. The molecule has 0 spiro atoms. The number of halogens is 2. The quantitative estimate of drug-likeness (QED) is 0.886. The third-order valence-corrected chi connectivity index (χ3v) is 4.59. The van der Waals surface area contributed by atoms with Crippen molar-refractivity contribution in [3.05, 3.63) is 51.5 Å². The Morgan fingerprint density at radius 1 is 1.09 bits per heavy atom. The molecule has 0 saturated carbocycles. The summed E-state index contributed by atoms with van der Waals surface area (Å²) in [4.78, 5) is 12.2. The van der Waals surface area contributed by atoms with Crippen molar-refractivity contribution in [2.75, 3.05) is 19.5 Å². The van der Waals surface area contributed by atoms with Crippen LogP contribution in [0.15, 0.2) is 30.3 Å². The molecule has 1 aliphatic heterocycles. The van der Waals surface area contributed by atoms with Gasteiger partial charge in [-0.25, -0.2) is 0 Å². The number of hydrogen-bond donors (Lipinski definition) is 1. The lowest BCUT2D eigenvalue weighted by Gasteiger charge is -2.29. The van der Waals surface area contributed by atoms with E-state index in [1.54, 1.807) is 44.6 Å². The van der Waals surface area contributed by atoms with Crippen LogP contribution in [-0.2, 0) is 4.79 Å². The van der Waals surface area contributed by atoms with Crippen LogP contribution in [-0.4, -0.2) is 20.1 Å². The highest BCUT2D eigenvalue weighted by atomic mass is 35.5. The van der Waals surface area contributed by atoms with Gasteiger partial charge in [-0.1, -0.05) is 29.3 Å². The van der Waals surface area contributed by atoms with Crippen LogP contribution in [0.3, 0.4) is 0 Å². The Bertz CT molecular complexity index is 756. The van der Waals surface area contributed by atoms with E-state index in [0.29, 0.717) is 27.2 Å². The molecule has 1 amide bonds. The summed E-state index contributed by atoms with van der Waals surface area (Å²) in [6.45, 7) is 0. The number of anilines is 1. The minimum absolute atomic E-state index is 0.103. The molecule has 0 aromatic heterocycles. The summed E-state index contributed by atoms with van der Waals surface area (Å²) in [7, 11) is 3.14. The molecule has 6 heteroatoms. The van der Waals surface area contributed by atoms with Gasteiger partial charge in [-0.3, -0.25) is 4.79 Å². The maximum absolute atomic E-state index is 12.2. The third-order valence-electron chi connectivity index (χ3n) is 3.93. The van der Waals surface area contributed by atoms with Gasteiger partial charge in [0, 0.05) is 40.1 Å². The van der Waals surface area contributed by atoms with Gasteiger partial charge in [0.25, 0.3) is 0 Å². The van der Waals surface area contributed by atoms with Gasteiger partial charge in [-0.2, -0.15) is 0 Å². The summed E-state index contributed by atoms with van der Waals surface area (Å²) in [5, 5.41) is 3.92. The average molecular weight is 352 g/mol. The van der Waals surface area contributed by atoms with Crippen molar-refractivity contribution in [1.29, 1.82) is 0 Å². The van der Waals surface area contributed by atoms with Crippen LogP contribution >= 0.6 is 23.2 Å². The highest BCUT2D eigenvalue weighted by Gasteiger charge is 2.32. The van der Waals surface area contributed by atoms with E-state index in [1.807, 2.05) is 0 Å². The van der Waals surface area contributed by atoms with Crippen molar-refractivity contribution in [2.24, 2.45) is 0 Å². The molecule has 1 heterocycles. The number of nitrogens with one attached hydrogen (secondary N) is 1. The van der Waals surface area contributed by atoms with Crippen molar-refractivity contribution in [3.8, 4) is 11.5 Å². The largest absolute Gasteiger partial charge is 0.497 e. The molecule has 4 nitrogen and oxygen atoms in total. The molecule has 1 atom stereocenters. The maximum atomic E-state index is 12.2. The van der Waals surface area contributed by atoms with Crippen LogP contribution < -0.4 is 14.8 Å². The lowest BCUT2D eigenvalue weighted by molar-refractivity contribution is -0.116. The first-order valence-electron chi connectivity index (χ1n) is 7.04. The van der Waals surface area contributed by atoms with E-state index >= 15 is 0 Å². The number of carbonyl (C=O) groups excluding carboxylic acids is 1. The van der Waals surface area contributed by atoms with E-state index < -0.39 is 0 Å². The highest BCUT2D eigenvalue weighted by Crippen LogP contribution is 2.48. The summed E-state index contributed by atoms with van der Waals surface area (Å²) in [5.74, 6) is 0.849. The van der Waals surface area contributed by atoms with Gasteiger partial charge in [0.1, 0.15) is 11.5 Å². The number of ether oxygens (including phenoxy) is 2. The topological polar surface area (TPSA) is 47.6 Å². The number of benzene rings is 2. The Balaban J connectivity index is 2.24. The second kappa shape index (κ2) is 6.30. The molecule has 0 unspecified atom stereocenters. The molecule has 2 aromatic rings. The summed E-state index contributed by atoms with van der Waals surface area (Å²) in [6, 6.07) is 8.87. The second-order valence-corrected chi connectivity index (χ2v) is 6.05. The first kappa shape index (κ1) is 16.0. The normalized spacial score (nSPS) is 16.5. The van der Waals surface area contributed by atoms with E-state index in [0.717, 1.165) is 11.1 Å². The molecule has 120 valence electrons. The van der Waals surface area contributed by atoms with E-state index in [4.69, 9.17) is 32.7 Å².